The molecule has 106 valence electrons. The summed E-state index contributed by atoms with van der Waals surface area (Å²) >= 11 is 0. The van der Waals surface area contributed by atoms with Gasteiger partial charge in [-0.25, -0.2) is 4.79 Å². The lowest BCUT2D eigenvalue weighted by molar-refractivity contribution is 0.102. The van der Waals surface area contributed by atoms with Gasteiger partial charge in [0.05, 0.1) is 12.8 Å². The highest BCUT2D eigenvalue weighted by Crippen LogP contribution is 2.21. The molecule has 1 amide bonds. The van der Waals surface area contributed by atoms with E-state index in [0.29, 0.717) is 28.1 Å². The summed E-state index contributed by atoms with van der Waals surface area (Å²) in [6.45, 7) is 0. The van der Waals surface area contributed by atoms with Crippen LogP contribution in [0.15, 0.2) is 51.7 Å². The molecular formula is C15H12N2O4. The average molecular weight is 284 g/mol. The average Bonchev–Trinajstić information content (AvgIpc) is 2.88. The summed E-state index contributed by atoms with van der Waals surface area (Å²) < 4.78 is 10.0. The van der Waals surface area contributed by atoms with Gasteiger partial charge in [0, 0.05) is 5.56 Å². The molecule has 0 saturated heterocycles. The number of anilines is 1. The van der Waals surface area contributed by atoms with Gasteiger partial charge in [-0.05, 0) is 30.3 Å². The maximum Gasteiger partial charge on any atom is 0.417 e. The van der Waals surface area contributed by atoms with Gasteiger partial charge in [0.15, 0.2) is 5.58 Å². The highest BCUT2D eigenvalue weighted by atomic mass is 16.5. The molecule has 2 N–H and O–H groups in total. The third kappa shape index (κ3) is 2.51. The van der Waals surface area contributed by atoms with E-state index in [4.69, 9.17) is 9.15 Å². The first-order valence-corrected chi connectivity index (χ1v) is 6.24. The zero-order valence-electron chi connectivity index (χ0n) is 11.2. The van der Waals surface area contributed by atoms with E-state index in [2.05, 4.69) is 10.3 Å². The van der Waals surface area contributed by atoms with E-state index in [1.807, 2.05) is 0 Å². The Kier molecular flexibility index (Phi) is 3.19. The van der Waals surface area contributed by atoms with Crippen LogP contribution in [-0.4, -0.2) is 18.0 Å². The molecule has 0 bridgehead atoms. The summed E-state index contributed by atoms with van der Waals surface area (Å²) in [6.07, 6.45) is 0. The summed E-state index contributed by atoms with van der Waals surface area (Å²) in [5, 5.41) is 2.74. The molecule has 2 aromatic carbocycles. The van der Waals surface area contributed by atoms with Crippen molar-refractivity contribution >= 4 is 22.7 Å². The number of rotatable bonds is 3. The topological polar surface area (TPSA) is 84.3 Å². The molecule has 3 aromatic rings. The van der Waals surface area contributed by atoms with E-state index in [9.17, 15) is 9.59 Å². The third-order valence-electron chi connectivity index (χ3n) is 3.04. The van der Waals surface area contributed by atoms with Gasteiger partial charge in [-0.15, -0.1) is 0 Å². The monoisotopic (exact) mass is 284 g/mol. The van der Waals surface area contributed by atoms with Crippen molar-refractivity contribution in [2.75, 3.05) is 12.4 Å². The Morgan fingerprint density at radius 3 is 2.86 bits per heavy atom. The number of hydrogen-bond donors (Lipinski definition) is 2. The Hall–Kier alpha value is -3.02. The number of methoxy groups -OCH3 is 1. The maximum atomic E-state index is 12.2. The van der Waals surface area contributed by atoms with Gasteiger partial charge in [0.2, 0.25) is 0 Å². The van der Waals surface area contributed by atoms with Gasteiger partial charge in [0.25, 0.3) is 5.91 Å². The molecule has 0 fully saturated rings. The second-order valence-electron chi connectivity index (χ2n) is 4.38. The van der Waals surface area contributed by atoms with Crippen LogP contribution in [0.3, 0.4) is 0 Å². The normalized spacial score (nSPS) is 10.5. The van der Waals surface area contributed by atoms with Gasteiger partial charge < -0.3 is 14.5 Å². The molecule has 0 aliphatic rings. The SMILES string of the molecule is COc1cccc(C(=O)Nc2cccc3oc(=O)[nH]c23)c1. The molecule has 0 aliphatic heterocycles. The van der Waals surface area contributed by atoms with Crippen LogP contribution in [0.4, 0.5) is 5.69 Å². The van der Waals surface area contributed by atoms with Gasteiger partial charge in [0.1, 0.15) is 11.3 Å². The Balaban J connectivity index is 1.94. The highest BCUT2D eigenvalue weighted by molar-refractivity contribution is 6.07. The van der Waals surface area contributed by atoms with Crippen LogP contribution in [0, 0.1) is 0 Å². The molecule has 0 radical (unpaired) electrons. The van der Waals surface area contributed by atoms with Crippen LogP contribution in [0.2, 0.25) is 0 Å². The smallest absolute Gasteiger partial charge is 0.417 e. The first-order chi connectivity index (χ1) is 10.2. The first kappa shape index (κ1) is 13.0. The zero-order chi connectivity index (χ0) is 14.8. The minimum absolute atomic E-state index is 0.302. The zero-order valence-corrected chi connectivity index (χ0v) is 11.2. The van der Waals surface area contributed by atoms with E-state index >= 15 is 0 Å². The lowest BCUT2D eigenvalue weighted by Crippen LogP contribution is -2.12. The number of para-hydroxylation sites is 1. The second-order valence-corrected chi connectivity index (χ2v) is 4.38. The van der Waals surface area contributed by atoms with E-state index < -0.39 is 5.76 Å². The van der Waals surface area contributed by atoms with Gasteiger partial charge in [-0.2, -0.15) is 0 Å². The minimum Gasteiger partial charge on any atom is -0.497 e. The van der Waals surface area contributed by atoms with Crippen molar-refractivity contribution in [2.45, 2.75) is 0 Å². The van der Waals surface area contributed by atoms with E-state index in [0.717, 1.165) is 0 Å². The molecule has 6 heteroatoms. The first-order valence-electron chi connectivity index (χ1n) is 6.24. The van der Waals surface area contributed by atoms with Crippen LogP contribution in [0.25, 0.3) is 11.1 Å². The number of aromatic nitrogens is 1. The summed E-state index contributed by atoms with van der Waals surface area (Å²) in [5.74, 6) is -0.269. The molecule has 6 nitrogen and oxygen atoms in total. The Bertz CT molecular complexity index is 863. The summed E-state index contributed by atoms with van der Waals surface area (Å²) in [7, 11) is 1.54. The van der Waals surface area contributed by atoms with Crippen molar-refractivity contribution in [1.82, 2.24) is 4.98 Å². The second kappa shape index (κ2) is 5.16. The van der Waals surface area contributed by atoms with Gasteiger partial charge in [-0.3, -0.25) is 9.78 Å². The number of aromatic amines is 1. The van der Waals surface area contributed by atoms with E-state index in [1.54, 1.807) is 42.5 Å². The summed E-state index contributed by atoms with van der Waals surface area (Å²) in [5.41, 5.74) is 1.78. The standard InChI is InChI=1S/C15H12N2O4/c1-20-10-5-2-4-9(8-10)14(18)16-11-6-3-7-12-13(11)17-15(19)21-12/h2-8H,1H3,(H,16,18)(H,17,19). The third-order valence-corrected chi connectivity index (χ3v) is 3.04. The number of carbonyl (C=O) groups excluding carboxylic acids is 1. The van der Waals surface area contributed by atoms with Crippen molar-refractivity contribution in [3.05, 3.63) is 58.6 Å². The number of amides is 1. The van der Waals surface area contributed by atoms with Crippen molar-refractivity contribution in [2.24, 2.45) is 0 Å². The number of ether oxygens (including phenoxy) is 1. The molecule has 3 rings (SSSR count). The summed E-state index contributed by atoms with van der Waals surface area (Å²) in [6, 6.07) is 11.8. The number of H-pyrrole nitrogens is 1. The van der Waals surface area contributed by atoms with Gasteiger partial charge >= 0.3 is 5.76 Å². The molecule has 0 aliphatic carbocycles. The predicted octanol–water partition coefficient (Wildman–Crippen LogP) is 2.38. The fraction of sp³-hybridized carbons (Fsp3) is 0.0667. The molecule has 21 heavy (non-hydrogen) atoms. The van der Waals surface area contributed by atoms with Crippen molar-refractivity contribution < 1.29 is 13.9 Å². The number of oxazole rings is 1. The Morgan fingerprint density at radius 1 is 1.24 bits per heavy atom. The molecule has 0 saturated carbocycles. The van der Waals surface area contributed by atoms with Crippen molar-refractivity contribution in [3.8, 4) is 5.75 Å². The number of nitrogens with one attached hydrogen (secondary N) is 2. The maximum absolute atomic E-state index is 12.2. The Labute approximate surface area is 119 Å². The lowest BCUT2D eigenvalue weighted by atomic mass is 10.2. The van der Waals surface area contributed by atoms with Gasteiger partial charge in [-0.1, -0.05) is 12.1 Å². The quantitative estimate of drug-likeness (QED) is 0.773. The molecule has 1 heterocycles. The molecule has 1 aromatic heterocycles. The summed E-state index contributed by atoms with van der Waals surface area (Å²) in [4.78, 5) is 26.0. The fourth-order valence-electron chi connectivity index (χ4n) is 2.04. The number of carbonyl (C=O) groups is 1. The van der Waals surface area contributed by atoms with Crippen LogP contribution < -0.4 is 15.8 Å². The number of hydrogen-bond acceptors (Lipinski definition) is 4. The predicted molar refractivity (Wildman–Crippen MR) is 77.8 cm³/mol. The fourth-order valence-corrected chi connectivity index (χ4v) is 2.04. The molecule has 0 spiro atoms. The van der Waals surface area contributed by atoms with Crippen molar-refractivity contribution in [1.29, 1.82) is 0 Å². The minimum atomic E-state index is -0.562. The Morgan fingerprint density at radius 2 is 2.05 bits per heavy atom. The number of fused-ring (bicyclic) bond motifs is 1. The van der Waals surface area contributed by atoms with Crippen molar-refractivity contribution in [3.63, 3.8) is 0 Å². The largest absolute Gasteiger partial charge is 0.497 e. The van der Waals surface area contributed by atoms with Crippen LogP contribution in [0.1, 0.15) is 10.4 Å². The highest BCUT2D eigenvalue weighted by Gasteiger charge is 2.11. The lowest BCUT2D eigenvalue weighted by Gasteiger charge is -2.07. The van der Waals surface area contributed by atoms with E-state index in [-0.39, 0.29) is 5.91 Å². The molecule has 0 atom stereocenters. The number of benzene rings is 2. The molecule has 0 unspecified atom stereocenters. The van der Waals surface area contributed by atoms with Crippen LogP contribution in [0.5, 0.6) is 5.75 Å². The van der Waals surface area contributed by atoms with E-state index in [1.165, 1.54) is 7.11 Å². The molecular weight excluding hydrogens is 272 g/mol. The van der Waals surface area contributed by atoms with Crippen LogP contribution >= 0.6 is 0 Å². The van der Waals surface area contributed by atoms with Crippen LogP contribution in [-0.2, 0) is 0 Å².